The summed E-state index contributed by atoms with van der Waals surface area (Å²) in [4.78, 5) is 3.41. The summed E-state index contributed by atoms with van der Waals surface area (Å²) in [6, 6.07) is 0. The van der Waals surface area contributed by atoms with Gasteiger partial charge in [0.25, 0.3) is 0 Å². The number of unbranched alkanes of at least 4 members (excludes halogenated alkanes) is 1. The topological polar surface area (TPSA) is 0 Å². The molecule has 0 saturated carbocycles. The van der Waals surface area contributed by atoms with Crippen molar-refractivity contribution in [3.05, 3.63) is 9.81 Å². The van der Waals surface area contributed by atoms with Crippen LogP contribution in [0.5, 0.6) is 0 Å². The van der Waals surface area contributed by atoms with Crippen molar-refractivity contribution in [1.29, 1.82) is 0 Å². The Morgan fingerprint density at radius 2 is 1.54 bits per heavy atom. The first-order chi connectivity index (χ1) is 6.38. The zero-order chi connectivity index (χ0) is 9.52. The van der Waals surface area contributed by atoms with E-state index in [-0.39, 0.29) is 0 Å². The molecule has 13 heavy (non-hydrogen) atoms. The van der Waals surface area contributed by atoms with Crippen LogP contribution in [-0.4, -0.2) is 11.5 Å². The van der Waals surface area contributed by atoms with E-state index in [1.54, 1.807) is 9.81 Å². The summed E-state index contributed by atoms with van der Waals surface area (Å²) < 4.78 is 0. The summed E-state index contributed by atoms with van der Waals surface area (Å²) in [6.07, 6.45) is 6.66. The van der Waals surface area contributed by atoms with E-state index in [1.807, 2.05) is 0 Å². The van der Waals surface area contributed by atoms with Crippen LogP contribution in [0.15, 0.2) is 9.81 Å². The second-order valence-corrected chi connectivity index (χ2v) is 5.78. The monoisotopic (exact) mass is 216 g/mol. The molecule has 0 aliphatic carbocycles. The SMILES string of the molecule is CCCCC1=C(CCC)SCCS1. The fraction of sp³-hybridized carbons (Fsp3) is 0.818. The molecule has 1 rings (SSSR count). The average molecular weight is 216 g/mol. The molecule has 0 radical (unpaired) electrons. The molecule has 0 bridgehead atoms. The molecule has 0 aromatic carbocycles. The fourth-order valence-corrected chi connectivity index (χ4v) is 4.15. The van der Waals surface area contributed by atoms with E-state index in [2.05, 4.69) is 37.4 Å². The van der Waals surface area contributed by atoms with E-state index >= 15 is 0 Å². The predicted molar refractivity (Wildman–Crippen MR) is 66.4 cm³/mol. The maximum atomic E-state index is 2.28. The predicted octanol–water partition coefficient (Wildman–Crippen LogP) is 4.67. The molecule has 0 saturated heterocycles. The van der Waals surface area contributed by atoms with Gasteiger partial charge in [-0.15, -0.1) is 23.5 Å². The first-order valence-electron chi connectivity index (χ1n) is 5.36. The molecule has 1 aliphatic heterocycles. The Hall–Kier alpha value is 0.440. The van der Waals surface area contributed by atoms with Gasteiger partial charge < -0.3 is 0 Å². The van der Waals surface area contributed by atoms with Gasteiger partial charge in [0, 0.05) is 11.5 Å². The van der Waals surface area contributed by atoms with Gasteiger partial charge in [0.2, 0.25) is 0 Å². The number of rotatable bonds is 5. The van der Waals surface area contributed by atoms with E-state index in [4.69, 9.17) is 0 Å². The lowest BCUT2D eigenvalue weighted by Gasteiger charge is -2.18. The van der Waals surface area contributed by atoms with E-state index < -0.39 is 0 Å². The first kappa shape index (κ1) is 11.5. The van der Waals surface area contributed by atoms with Gasteiger partial charge in [-0.3, -0.25) is 0 Å². The van der Waals surface area contributed by atoms with Crippen LogP contribution in [0.3, 0.4) is 0 Å². The molecular formula is C11H20S2. The van der Waals surface area contributed by atoms with Crippen molar-refractivity contribution in [2.75, 3.05) is 11.5 Å². The highest BCUT2D eigenvalue weighted by Crippen LogP contribution is 2.38. The molecule has 0 N–H and O–H groups in total. The van der Waals surface area contributed by atoms with Crippen molar-refractivity contribution in [2.24, 2.45) is 0 Å². The Labute approximate surface area is 90.9 Å². The molecule has 0 unspecified atom stereocenters. The third-order valence-electron chi connectivity index (χ3n) is 2.18. The highest BCUT2D eigenvalue weighted by Gasteiger charge is 2.12. The maximum Gasteiger partial charge on any atom is 0.00715 e. The first-order valence-corrected chi connectivity index (χ1v) is 7.33. The van der Waals surface area contributed by atoms with Crippen molar-refractivity contribution >= 4 is 23.5 Å². The van der Waals surface area contributed by atoms with Crippen LogP contribution >= 0.6 is 23.5 Å². The Morgan fingerprint density at radius 1 is 0.923 bits per heavy atom. The van der Waals surface area contributed by atoms with Crippen LogP contribution in [0.2, 0.25) is 0 Å². The molecule has 0 nitrogen and oxygen atoms in total. The van der Waals surface area contributed by atoms with Crippen molar-refractivity contribution in [2.45, 2.75) is 46.0 Å². The number of thioether (sulfide) groups is 2. The van der Waals surface area contributed by atoms with Crippen LogP contribution in [0, 0.1) is 0 Å². The smallest absolute Gasteiger partial charge is 0.00715 e. The summed E-state index contributed by atoms with van der Waals surface area (Å²) >= 11 is 4.22. The number of hydrogen-bond acceptors (Lipinski definition) is 2. The van der Waals surface area contributed by atoms with Gasteiger partial charge in [-0.05, 0) is 29.1 Å². The Morgan fingerprint density at radius 3 is 2.08 bits per heavy atom. The van der Waals surface area contributed by atoms with Gasteiger partial charge in [0.15, 0.2) is 0 Å². The van der Waals surface area contributed by atoms with Crippen molar-refractivity contribution in [3.8, 4) is 0 Å². The molecule has 0 spiro atoms. The van der Waals surface area contributed by atoms with Crippen molar-refractivity contribution in [3.63, 3.8) is 0 Å². The highest BCUT2D eigenvalue weighted by molar-refractivity contribution is 8.09. The Bertz CT molecular complexity index is 173. The number of allylic oxidation sites excluding steroid dienone is 2. The third kappa shape index (κ3) is 3.99. The fourth-order valence-electron chi connectivity index (χ4n) is 1.48. The molecule has 0 aromatic rings. The largest absolute Gasteiger partial charge is 0.129 e. The summed E-state index contributed by atoms with van der Waals surface area (Å²) in [5, 5.41) is 0. The van der Waals surface area contributed by atoms with Crippen LogP contribution < -0.4 is 0 Å². The normalized spacial score (nSPS) is 18.0. The third-order valence-corrected chi connectivity index (χ3v) is 4.98. The highest BCUT2D eigenvalue weighted by atomic mass is 32.2. The lowest BCUT2D eigenvalue weighted by molar-refractivity contribution is 0.801. The van der Waals surface area contributed by atoms with E-state index in [1.165, 1.54) is 43.6 Å². The van der Waals surface area contributed by atoms with Gasteiger partial charge in [-0.2, -0.15) is 0 Å². The van der Waals surface area contributed by atoms with Crippen molar-refractivity contribution < 1.29 is 0 Å². The summed E-state index contributed by atoms with van der Waals surface area (Å²) in [5.41, 5.74) is 0. The van der Waals surface area contributed by atoms with Gasteiger partial charge in [0.1, 0.15) is 0 Å². The molecule has 0 fully saturated rings. The van der Waals surface area contributed by atoms with Crippen LogP contribution in [0.25, 0.3) is 0 Å². The van der Waals surface area contributed by atoms with E-state index in [9.17, 15) is 0 Å². The maximum absolute atomic E-state index is 2.28. The lowest BCUT2D eigenvalue weighted by atomic mass is 10.2. The molecule has 0 amide bonds. The minimum atomic E-state index is 1.30. The molecule has 0 aromatic heterocycles. The summed E-state index contributed by atoms with van der Waals surface area (Å²) in [5.74, 6) is 2.66. The molecular weight excluding hydrogens is 196 g/mol. The zero-order valence-electron chi connectivity index (χ0n) is 8.77. The molecule has 0 atom stereocenters. The second-order valence-electron chi connectivity index (χ2n) is 3.40. The van der Waals surface area contributed by atoms with E-state index in [0.29, 0.717) is 0 Å². The zero-order valence-corrected chi connectivity index (χ0v) is 10.4. The van der Waals surface area contributed by atoms with Gasteiger partial charge in [-0.1, -0.05) is 26.7 Å². The summed E-state index contributed by atoms with van der Waals surface area (Å²) in [6.45, 7) is 4.56. The Balaban J connectivity index is 2.49. The molecule has 2 heteroatoms. The molecule has 1 aliphatic rings. The quantitative estimate of drug-likeness (QED) is 0.655. The minimum absolute atomic E-state index is 1.30. The molecule has 76 valence electrons. The van der Waals surface area contributed by atoms with Gasteiger partial charge >= 0.3 is 0 Å². The second kappa shape index (κ2) is 6.83. The summed E-state index contributed by atoms with van der Waals surface area (Å²) in [7, 11) is 0. The molecule has 1 heterocycles. The van der Waals surface area contributed by atoms with Crippen LogP contribution in [0.1, 0.15) is 46.0 Å². The lowest BCUT2D eigenvalue weighted by Crippen LogP contribution is -1.98. The van der Waals surface area contributed by atoms with E-state index in [0.717, 1.165) is 0 Å². The minimum Gasteiger partial charge on any atom is -0.129 e. The van der Waals surface area contributed by atoms with Gasteiger partial charge in [0.05, 0.1) is 0 Å². The standard InChI is InChI=1S/C11H20S2/c1-3-5-7-11-10(6-4-2)12-8-9-13-11/h3-9H2,1-2H3. The van der Waals surface area contributed by atoms with Gasteiger partial charge in [-0.25, -0.2) is 0 Å². The van der Waals surface area contributed by atoms with Crippen LogP contribution in [0.4, 0.5) is 0 Å². The van der Waals surface area contributed by atoms with Crippen LogP contribution in [-0.2, 0) is 0 Å². The average Bonchev–Trinajstić information content (AvgIpc) is 2.17. The van der Waals surface area contributed by atoms with Crippen molar-refractivity contribution in [1.82, 2.24) is 0 Å². The number of hydrogen-bond donors (Lipinski definition) is 0. The Kier molecular flexibility index (Phi) is 6.05.